The van der Waals surface area contributed by atoms with Crippen molar-refractivity contribution in [2.45, 2.75) is 19.3 Å². The SMILES string of the molecule is C=C/C=C(\c1cc2cc3ccccc3cc2o1)c1ccccc1N(c1ccc(-n2c3ccccc3c3ccccc32)cc1)c1cccc2c1C(C)(C)c1ccccc1-2. The molecule has 10 aromatic rings. The van der Waals surface area contributed by atoms with Gasteiger partial charge in [0.05, 0.1) is 22.4 Å². The molecule has 1 aliphatic carbocycles. The Hall–Kier alpha value is -7.36. The average molecular weight is 745 g/mol. The molecule has 0 aliphatic heterocycles. The number of allylic oxidation sites excluding steroid dienone is 2. The Bertz CT molecular complexity index is 3180. The third-order valence-electron chi connectivity index (χ3n) is 12.1. The number of anilines is 3. The first kappa shape index (κ1) is 33.9. The topological polar surface area (TPSA) is 21.3 Å². The first-order valence-corrected chi connectivity index (χ1v) is 20.0. The average Bonchev–Trinajstić information content (AvgIpc) is 3.91. The number of hydrogen-bond donors (Lipinski definition) is 0. The van der Waals surface area contributed by atoms with E-state index in [1.807, 2.05) is 6.08 Å². The highest BCUT2D eigenvalue weighted by atomic mass is 16.3. The summed E-state index contributed by atoms with van der Waals surface area (Å²) in [5, 5.41) is 5.91. The molecule has 0 N–H and O–H groups in total. The van der Waals surface area contributed by atoms with E-state index in [-0.39, 0.29) is 5.41 Å². The van der Waals surface area contributed by atoms with Gasteiger partial charge >= 0.3 is 0 Å². The maximum atomic E-state index is 6.73. The van der Waals surface area contributed by atoms with Gasteiger partial charge in [0.25, 0.3) is 0 Å². The fourth-order valence-corrected chi connectivity index (χ4v) is 9.54. The van der Waals surface area contributed by atoms with Gasteiger partial charge in [-0.2, -0.15) is 0 Å². The third kappa shape index (κ3) is 5.13. The largest absolute Gasteiger partial charge is 0.456 e. The summed E-state index contributed by atoms with van der Waals surface area (Å²) in [6, 6.07) is 65.7. The van der Waals surface area contributed by atoms with Gasteiger partial charge in [0, 0.05) is 44.1 Å². The molecule has 0 unspecified atom stereocenters. The summed E-state index contributed by atoms with van der Waals surface area (Å²) in [5.74, 6) is 0.797. The van der Waals surface area contributed by atoms with Crippen molar-refractivity contribution in [1.82, 2.24) is 4.57 Å². The predicted octanol–water partition coefficient (Wildman–Crippen LogP) is 15.1. The van der Waals surface area contributed by atoms with Gasteiger partial charge in [0.2, 0.25) is 0 Å². The molecule has 2 heterocycles. The molecule has 0 saturated carbocycles. The monoisotopic (exact) mass is 744 g/mol. The number of fused-ring (bicyclic) bond motifs is 8. The van der Waals surface area contributed by atoms with Crippen LogP contribution in [-0.4, -0.2) is 4.57 Å². The van der Waals surface area contributed by atoms with Crippen LogP contribution in [-0.2, 0) is 5.41 Å². The van der Waals surface area contributed by atoms with Crippen LogP contribution in [0, 0.1) is 0 Å². The van der Waals surface area contributed by atoms with Gasteiger partial charge in [-0.3, -0.25) is 0 Å². The zero-order valence-electron chi connectivity index (χ0n) is 32.5. The van der Waals surface area contributed by atoms with Crippen molar-refractivity contribution in [3.05, 3.63) is 223 Å². The lowest BCUT2D eigenvalue weighted by Crippen LogP contribution is -2.21. The molecule has 0 atom stereocenters. The van der Waals surface area contributed by atoms with Gasteiger partial charge in [-0.05, 0) is 99.8 Å². The smallest absolute Gasteiger partial charge is 0.136 e. The van der Waals surface area contributed by atoms with E-state index in [0.29, 0.717) is 0 Å². The van der Waals surface area contributed by atoms with Crippen molar-refractivity contribution in [3.8, 4) is 16.8 Å². The van der Waals surface area contributed by atoms with Gasteiger partial charge in [-0.1, -0.05) is 148 Å². The summed E-state index contributed by atoms with van der Waals surface area (Å²) in [7, 11) is 0. The Labute approximate surface area is 338 Å². The Morgan fingerprint density at radius 3 is 1.97 bits per heavy atom. The lowest BCUT2D eigenvalue weighted by molar-refractivity contribution is 0.601. The predicted molar refractivity (Wildman–Crippen MR) is 244 cm³/mol. The van der Waals surface area contributed by atoms with Crippen molar-refractivity contribution in [1.29, 1.82) is 0 Å². The molecule has 2 aromatic heterocycles. The van der Waals surface area contributed by atoms with E-state index < -0.39 is 0 Å². The zero-order valence-corrected chi connectivity index (χ0v) is 32.5. The normalized spacial score (nSPS) is 13.3. The van der Waals surface area contributed by atoms with Crippen LogP contribution in [0.5, 0.6) is 0 Å². The van der Waals surface area contributed by atoms with Crippen LogP contribution in [0.25, 0.3) is 65.9 Å². The Kier molecular flexibility index (Phi) is 7.67. The molecule has 0 fully saturated rings. The van der Waals surface area contributed by atoms with E-state index in [1.54, 1.807) is 0 Å². The standard InChI is InChI=1S/C55H40N2O/c1-4-16-45(53-35-38-33-36-17-5-6-18-37(36)34-52(38)58-53)44-22-10-14-27-50(44)57(51-28-15-23-46-41-19-7-11-24-47(41)55(2,3)54(46)51)40-31-29-39(30-32-40)56-48-25-12-8-20-42(48)43-21-9-13-26-49(43)56/h4-35H,1H2,2-3H3/b45-16-. The van der Waals surface area contributed by atoms with Gasteiger partial charge in [-0.25, -0.2) is 0 Å². The third-order valence-corrected chi connectivity index (χ3v) is 12.1. The van der Waals surface area contributed by atoms with Gasteiger partial charge < -0.3 is 13.9 Å². The molecule has 3 nitrogen and oxygen atoms in total. The van der Waals surface area contributed by atoms with Crippen LogP contribution in [0.15, 0.2) is 205 Å². The minimum Gasteiger partial charge on any atom is -0.456 e. The van der Waals surface area contributed by atoms with E-state index in [9.17, 15) is 0 Å². The summed E-state index contributed by atoms with van der Waals surface area (Å²) in [6.45, 7) is 8.89. The van der Waals surface area contributed by atoms with Crippen molar-refractivity contribution in [2.24, 2.45) is 0 Å². The van der Waals surface area contributed by atoms with Crippen molar-refractivity contribution in [2.75, 3.05) is 4.90 Å². The van der Waals surface area contributed by atoms with E-state index in [1.165, 1.54) is 49.4 Å². The maximum absolute atomic E-state index is 6.73. The number of rotatable bonds is 7. The van der Waals surface area contributed by atoms with Crippen LogP contribution in [0.3, 0.4) is 0 Å². The van der Waals surface area contributed by atoms with Gasteiger partial charge in [0.1, 0.15) is 11.3 Å². The van der Waals surface area contributed by atoms with Gasteiger partial charge in [-0.15, -0.1) is 0 Å². The number of nitrogens with zero attached hydrogens (tertiary/aromatic N) is 2. The fourth-order valence-electron chi connectivity index (χ4n) is 9.54. The molecule has 276 valence electrons. The summed E-state index contributed by atoms with van der Waals surface area (Å²) in [4.78, 5) is 2.45. The lowest BCUT2D eigenvalue weighted by Gasteiger charge is -2.33. The molecule has 3 heteroatoms. The van der Waals surface area contributed by atoms with Crippen LogP contribution in [0.1, 0.15) is 36.3 Å². The van der Waals surface area contributed by atoms with Crippen molar-refractivity contribution in [3.63, 3.8) is 0 Å². The number of aromatic nitrogens is 1. The second kappa shape index (κ2) is 13.1. The molecule has 8 aromatic carbocycles. The Morgan fingerprint density at radius 1 is 0.586 bits per heavy atom. The highest BCUT2D eigenvalue weighted by Gasteiger charge is 2.39. The molecule has 0 spiro atoms. The van der Waals surface area contributed by atoms with Crippen LogP contribution < -0.4 is 4.90 Å². The van der Waals surface area contributed by atoms with Crippen LogP contribution in [0.2, 0.25) is 0 Å². The molecule has 11 rings (SSSR count). The first-order chi connectivity index (χ1) is 28.5. The summed E-state index contributed by atoms with van der Waals surface area (Å²) < 4.78 is 9.11. The molecule has 0 amide bonds. The van der Waals surface area contributed by atoms with Gasteiger partial charge in [0.15, 0.2) is 0 Å². The summed E-state index contributed by atoms with van der Waals surface area (Å²) in [6.07, 6.45) is 3.94. The molecular formula is C55H40N2O. The minimum absolute atomic E-state index is 0.237. The zero-order chi connectivity index (χ0) is 39.0. The van der Waals surface area contributed by atoms with Crippen molar-refractivity contribution < 1.29 is 4.42 Å². The molecule has 0 bridgehead atoms. The number of furan rings is 1. The second-order valence-electron chi connectivity index (χ2n) is 15.8. The fraction of sp³-hybridized carbons (Fsp3) is 0.0545. The highest BCUT2D eigenvalue weighted by molar-refractivity contribution is 6.09. The minimum atomic E-state index is -0.237. The quantitative estimate of drug-likeness (QED) is 0.152. The lowest BCUT2D eigenvalue weighted by atomic mass is 9.81. The summed E-state index contributed by atoms with van der Waals surface area (Å²) >= 11 is 0. The molecule has 1 aliphatic rings. The number of hydrogen-bond acceptors (Lipinski definition) is 2. The molecular weight excluding hydrogens is 705 g/mol. The Morgan fingerprint density at radius 2 is 1.21 bits per heavy atom. The van der Waals surface area contributed by atoms with E-state index >= 15 is 0 Å². The Balaban J connectivity index is 1.13. The molecule has 0 radical (unpaired) electrons. The van der Waals surface area contributed by atoms with E-state index in [2.05, 4.69) is 218 Å². The number of benzene rings is 8. The highest BCUT2D eigenvalue weighted by Crippen LogP contribution is 2.55. The van der Waals surface area contributed by atoms with Crippen molar-refractivity contribution >= 4 is 66.2 Å². The molecule has 0 saturated heterocycles. The van der Waals surface area contributed by atoms with E-state index in [4.69, 9.17) is 4.42 Å². The van der Waals surface area contributed by atoms with Crippen LogP contribution in [0.4, 0.5) is 17.1 Å². The summed E-state index contributed by atoms with van der Waals surface area (Å²) in [5.41, 5.74) is 14.6. The maximum Gasteiger partial charge on any atom is 0.136 e. The van der Waals surface area contributed by atoms with Crippen LogP contribution >= 0.6 is 0 Å². The van der Waals surface area contributed by atoms with E-state index in [0.717, 1.165) is 56.0 Å². The molecule has 58 heavy (non-hydrogen) atoms. The number of para-hydroxylation sites is 3. The first-order valence-electron chi connectivity index (χ1n) is 20.0. The second-order valence-corrected chi connectivity index (χ2v) is 15.8.